The van der Waals surface area contributed by atoms with Crippen LogP contribution < -0.4 is 0 Å². The number of likely N-dealkylation sites (N-methyl/N-ethyl adjacent to an activating group) is 1. The molecule has 1 aliphatic heterocycles. The summed E-state index contributed by atoms with van der Waals surface area (Å²) in [5, 5.41) is 1.34. The summed E-state index contributed by atoms with van der Waals surface area (Å²) in [4.78, 5) is 20.6. The van der Waals surface area contributed by atoms with E-state index >= 15 is 0 Å². The number of aromatic nitrogens is 1. The second kappa shape index (κ2) is 10.8. The minimum absolute atomic E-state index is 0.0445. The van der Waals surface area contributed by atoms with E-state index in [-0.39, 0.29) is 11.8 Å². The number of benzene rings is 1. The van der Waals surface area contributed by atoms with Crippen molar-refractivity contribution in [3.8, 4) is 0 Å². The summed E-state index contributed by atoms with van der Waals surface area (Å²) in [6, 6.07) is 6.82. The van der Waals surface area contributed by atoms with Crippen LogP contribution in [-0.2, 0) is 11.2 Å². The largest absolute Gasteiger partial charge is 0.361 e. The lowest BCUT2D eigenvalue weighted by atomic mass is 9.79. The van der Waals surface area contributed by atoms with Gasteiger partial charge in [-0.15, -0.1) is 0 Å². The number of hydrogen-bond donors (Lipinski definition) is 3. The molecule has 1 aliphatic carbocycles. The Bertz CT molecular complexity index is 884. The molecule has 2 aromatic rings. The predicted molar refractivity (Wildman–Crippen MR) is 135 cm³/mol. The fourth-order valence-corrected chi connectivity index (χ4v) is 5.05. The first-order valence-corrected chi connectivity index (χ1v) is 12.3. The number of rotatable bonds is 6. The number of carbonyl (C=O) groups excluding carboxylic acids is 1. The third-order valence-corrected chi connectivity index (χ3v) is 6.86. The molecule has 0 saturated carbocycles. The minimum Gasteiger partial charge on any atom is -0.361 e. The fourth-order valence-electron chi connectivity index (χ4n) is 4.60. The number of nitrogens with zero attached hydrogens (tertiary/aromatic N) is 2. The van der Waals surface area contributed by atoms with Crippen molar-refractivity contribution in [2.24, 2.45) is 5.92 Å². The average Bonchev–Trinajstić information content (AvgIpc) is 3.18. The number of carbonyl (C=O) groups is 1. The molecule has 0 radical (unpaired) electrons. The van der Waals surface area contributed by atoms with Crippen LogP contribution in [-0.4, -0.2) is 64.9 Å². The van der Waals surface area contributed by atoms with E-state index < -0.39 is 0 Å². The van der Waals surface area contributed by atoms with Crippen LogP contribution in [0.3, 0.4) is 0 Å². The highest BCUT2D eigenvalue weighted by Crippen LogP contribution is 2.40. The Kier molecular flexibility index (Phi) is 8.37. The molecule has 2 atom stereocenters. The van der Waals surface area contributed by atoms with E-state index in [0.717, 1.165) is 37.6 Å². The van der Waals surface area contributed by atoms with Crippen molar-refractivity contribution in [1.29, 1.82) is 0 Å². The maximum absolute atomic E-state index is 12.9. The molecular weight excluding hydrogens is 410 g/mol. The van der Waals surface area contributed by atoms with Crippen molar-refractivity contribution in [1.82, 2.24) is 14.8 Å². The van der Waals surface area contributed by atoms with Gasteiger partial charge < -0.3 is 9.88 Å². The summed E-state index contributed by atoms with van der Waals surface area (Å²) in [5.74, 6) is 2.21. The Morgan fingerprint density at radius 2 is 1.90 bits per heavy atom. The second-order valence-electron chi connectivity index (χ2n) is 8.09. The first kappa shape index (κ1) is 23.3. The summed E-state index contributed by atoms with van der Waals surface area (Å²) >= 11 is 8.04. The van der Waals surface area contributed by atoms with Gasteiger partial charge in [-0.3, -0.25) is 9.69 Å². The Morgan fingerprint density at radius 1 is 1.20 bits per heavy atom. The first-order valence-electron chi connectivity index (χ1n) is 11.1. The topological polar surface area (TPSA) is 39.3 Å². The van der Waals surface area contributed by atoms with Crippen molar-refractivity contribution in [3.63, 3.8) is 0 Å². The Balaban J connectivity index is 0.000000377. The number of nitrogens with one attached hydrogen (secondary N) is 1. The van der Waals surface area contributed by atoms with Gasteiger partial charge in [-0.2, -0.15) is 25.3 Å². The number of H-pyrrole nitrogens is 1. The molecule has 4 nitrogen and oxygen atoms in total. The van der Waals surface area contributed by atoms with Crippen molar-refractivity contribution < 1.29 is 4.79 Å². The van der Waals surface area contributed by atoms with Crippen LogP contribution in [0, 0.1) is 5.92 Å². The monoisotopic (exact) mass is 445 g/mol. The summed E-state index contributed by atoms with van der Waals surface area (Å²) in [6.45, 7) is 6.47. The van der Waals surface area contributed by atoms with E-state index in [4.69, 9.17) is 0 Å². The highest BCUT2D eigenvalue weighted by Gasteiger charge is 2.36. The van der Waals surface area contributed by atoms with Crippen molar-refractivity contribution in [2.45, 2.75) is 39.2 Å². The Labute approximate surface area is 191 Å². The summed E-state index contributed by atoms with van der Waals surface area (Å²) in [5.41, 5.74) is 5.21. The number of aromatic amines is 1. The van der Waals surface area contributed by atoms with E-state index in [1.807, 2.05) is 4.90 Å². The number of thiol groups is 2. The van der Waals surface area contributed by atoms with Gasteiger partial charge in [0, 0.05) is 42.8 Å². The third-order valence-electron chi connectivity index (χ3n) is 6.23. The molecule has 0 unspecified atom stereocenters. The van der Waals surface area contributed by atoms with Gasteiger partial charge in [-0.25, -0.2) is 0 Å². The molecule has 0 spiro atoms. The summed E-state index contributed by atoms with van der Waals surface area (Å²) in [7, 11) is 2.15. The van der Waals surface area contributed by atoms with Crippen LogP contribution in [0.4, 0.5) is 0 Å². The van der Waals surface area contributed by atoms with Crippen molar-refractivity contribution in [3.05, 3.63) is 41.6 Å². The number of fused-ring (bicyclic) bond motifs is 2. The summed E-state index contributed by atoms with van der Waals surface area (Å²) < 4.78 is 0. The molecule has 1 aromatic carbocycles. The normalized spacial score (nSPS) is 20.2. The highest BCUT2D eigenvalue weighted by molar-refractivity contribution is 7.80. The predicted octanol–water partition coefficient (Wildman–Crippen LogP) is 4.53. The zero-order valence-corrected chi connectivity index (χ0v) is 20.2. The third kappa shape index (κ3) is 4.76. The Hall–Kier alpha value is -1.37. The van der Waals surface area contributed by atoms with Gasteiger partial charge >= 0.3 is 0 Å². The lowest BCUT2D eigenvalue weighted by molar-refractivity contribution is -0.134. The number of amides is 1. The lowest BCUT2D eigenvalue weighted by Crippen LogP contribution is -2.47. The lowest BCUT2D eigenvalue weighted by Gasteiger charge is -2.40. The molecular formula is C24H35N3OS2. The Morgan fingerprint density at radius 3 is 2.53 bits per heavy atom. The highest BCUT2D eigenvalue weighted by atomic mass is 32.1. The molecule has 1 N–H and O–H groups in total. The van der Waals surface area contributed by atoms with Gasteiger partial charge in [0.15, 0.2) is 0 Å². The summed E-state index contributed by atoms with van der Waals surface area (Å²) in [6.07, 6.45) is 7.81. The smallest absolute Gasteiger partial charge is 0.230 e. The molecule has 0 fully saturated rings. The molecule has 164 valence electrons. The molecule has 1 aromatic heterocycles. The van der Waals surface area contributed by atoms with Crippen molar-refractivity contribution in [2.75, 3.05) is 38.2 Å². The van der Waals surface area contributed by atoms with Crippen molar-refractivity contribution >= 4 is 47.6 Å². The second-order valence-corrected chi connectivity index (χ2v) is 8.99. The SMILES string of the molecule is CCN(CC)C(=O)[C@@H]1C=C2c3cccc4[nH]cc(c34)C[C@H]2N(C)C1.SCCCCS. The van der Waals surface area contributed by atoms with E-state index in [1.54, 1.807) is 0 Å². The van der Waals surface area contributed by atoms with Crippen LogP contribution in [0.1, 0.15) is 37.8 Å². The number of hydrogen-bond acceptors (Lipinski definition) is 4. The van der Waals surface area contributed by atoms with E-state index in [0.29, 0.717) is 6.04 Å². The van der Waals surface area contributed by atoms with Gasteiger partial charge in [0.05, 0.1) is 5.92 Å². The molecule has 2 aliphatic rings. The van der Waals surface area contributed by atoms with Crippen LogP contribution >= 0.6 is 25.3 Å². The van der Waals surface area contributed by atoms with Gasteiger partial charge in [0.1, 0.15) is 0 Å². The molecule has 2 heterocycles. The number of unbranched alkanes of at least 4 members (excludes halogenated alkanes) is 1. The minimum atomic E-state index is -0.0445. The van der Waals surface area contributed by atoms with Crippen LogP contribution in [0.5, 0.6) is 0 Å². The van der Waals surface area contributed by atoms with Gasteiger partial charge in [-0.1, -0.05) is 18.2 Å². The molecule has 0 saturated heterocycles. The first-order chi connectivity index (χ1) is 14.5. The molecule has 30 heavy (non-hydrogen) atoms. The van der Waals surface area contributed by atoms with Gasteiger partial charge in [0.2, 0.25) is 5.91 Å². The van der Waals surface area contributed by atoms with Crippen LogP contribution in [0.15, 0.2) is 30.5 Å². The average molecular weight is 446 g/mol. The van der Waals surface area contributed by atoms with E-state index in [2.05, 4.69) is 86.5 Å². The maximum atomic E-state index is 12.9. The quantitative estimate of drug-likeness (QED) is 0.451. The maximum Gasteiger partial charge on any atom is 0.230 e. The zero-order chi connectivity index (χ0) is 21.7. The molecule has 4 rings (SSSR count). The van der Waals surface area contributed by atoms with E-state index in [1.165, 1.54) is 40.4 Å². The fraction of sp³-hybridized carbons (Fsp3) is 0.542. The van der Waals surface area contributed by atoms with Crippen LogP contribution in [0.2, 0.25) is 0 Å². The molecule has 0 bridgehead atoms. The van der Waals surface area contributed by atoms with Crippen LogP contribution in [0.25, 0.3) is 16.5 Å². The zero-order valence-electron chi connectivity index (χ0n) is 18.4. The van der Waals surface area contributed by atoms with Gasteiger partial charge in [-0.05, 0) is 74.4 Å². The molecule has 6 heteroatoms. The van der Waals surface area contributed by atoms with E-state index in [9.17, 15) is 4.79 Å². The molecule has 1 amide bonds. The van der Waals surface area contributed by atoms with Gasteiger partial charge in [0.25, 0.3) is 0 Å². The standard InChI is InChI=1S/C20H25N3O.C4H10S2/c1-4-23(5-2)20(24)14-9-16-15-7-6-8-17-19(15)13(11-21-17)10-18(16)22(3)12-14;5-3-1-2-4-6/h6-9,11,14,18,21H,4-5,10,12H2,1-3H3;5-6H,1-4H2/t14-,18-;/m1./s1.